The highest BCUT2D eigenvalue weighted by Crippen LogP contribution is 2.16. The van der Waals surface area contributed by atoms with Crippen molar-refractivity contribution in [3.63, 3.8) is 0 Å². The average molecular weight is 286 g/mol. The topological polar surface area (TPSA) is 67.4 Å². The van der Waals surface area contributed by atoms with E-state index >= 15 is 0 Å². The molecule has 0 aliphatic heterocycles. The van der Waals surface area contributed by atoms with Gasteiger partial charge < -0.3 is 10.1 Å². The standard InChI is InChI=1S/C13H22N2O3S/c1-10(2)13(9-18-4)15-11-5-7-12(8-6-11)19(16,17)14-3/h5-8,10,13-15H,9H2,1-4H3. The lowest BCUT2D eigenvalue weighted by Gasteiger charge is -2.22. The Morgan fingerprint density at radius 3 is 2.21 bits per heavy atom. The van der Waals surface area contributed by atoms with Crippen LogP contribution in [0.1, 0.15) is 13.8 Å². The molecule has 6 heteroatoms. The van der Waals surface area contributed by atoms with Crippen molar-refractivity contribution in [2.24, 2.45) is 5.92 Å². The number of hydrogen-bond donors (Lipinski definition) is 2. The van der Waals surface area contributed by atoms with E-state index in [0.717, 1.165) is 5.69 Å². The van der Waals surface area contributed by atoms with Crippen molar-refractivity contribution in [2.45, 2.75) is 24.8 Å². The minimum absolute atomic E-state index is 0.191. The molecule has 0 bridgehead atoms. The fraction of sp³-hybridized carbons (Fsp3) is 0.538. The lowest BCUT2D eigenvalue weighted by molar-refractivity contribution is 0.171. The lowest BCUT2D eigenvalue weighted by atomic mass is 10.1. The van der Waals surface area contributed by atoms with Crippen molar-refractivity contribution in [3.05, 3.63) is 24.3 Å². The minimum atomic E-state index is -3.37. The molecule has 0 aliphatic rings. The van der Waals surface area contributed by atoms with Crippen molar-refractivity contribution in [1.29, 1.82) is 0 Å². The molecule has 0 amide bonds. The van der Waals surface area contributed by atoms with Gasteiger partial charge in [-0.15, -0.1) is 0 Å². The normalized spacial score (nSPS) is 13.5. The molecule has 0 saturated heterocycles. The van der Waals surface area contributed by atoms with E-state index in [1.807, 2.05) is 0 Å². The van der Waals surface area contributed by atoms with Crippen LogP contribution < -0.4 is 10.0 Å². The molecule has 1 aromatic carbocycles. The van der Waals surface area contributed by atoms with Crippen LogP contribution in [0, 0.1) is 5.92 Å². The van der Waals surface area contributed by atoms with Gasteiger partial charge in [0, 0.05) is 12.8 Å². The average Bonchev–Trinajstić information content (AvgIpc) is 2.38. The van der Waals surface area contributed by atoms with E-state index in [9.17, 15) is 8.42 Å². The van der Waals surface area contributed by atoms with Gasteiger partial charge in [0.2, 0.25) is 10.0 Å². The number of sulfonamides is 1. The zero-order valence-electron chi connectivity index (χ0n) is 11.8. The second-order valence-electron chi connectivity index (χ2n) is 4.68. The van der Waals surface area contributed by atoms with E-state index in [0.29, 0.717) is 12.5 Å². The van der Waals surface area contributed by atoms with Crippen LogP contribution in [0.4, 0.5) is 5.69 Å². The fourth-order valence-corrected chi connectivity index (χ4v) is 2.37. The van der Waals surface area contributed by atoms with Gasteiger partial charge >= 0.3 is 0 Å². The van der Waals surface area contributed by atoms with Crippen LogP contribution in [0.15, 0.2) is 29.2 Å². The fourth-order valence-electron chi connectivity index (χ4n) is 1.64. The first kappa shape index (κ1) is 15.9. The monoisotopic (exact) mass is 286 g/mol. The highest BCUT2D eigenvalue weighted by atomic mass is 32.2. The Balaban J connectivity index is 2.82. The number of anilines is 1. The summed E-state index contributed by atoms with van der Waals surface area (Å²) < 4.78 is 30.6. The number of rotatable bonds is 7. The Hall–Kier alpha value is -1.11. The van der Waals surface area contributed by atoms with E-state index in [4.69, 9.17) is 4.74 Å². The van der Waals surface area contributed by atoms with Crippen LogP contribution in [0.3, 0.4) is 0 Å². The number of nitrogens with one attached hydrogen (secondary N) is 2. The summed E-state index contributed by atoms with van der Waals surface area (Å²) in [5.41, 5.74) is 0.880. The maximum atomic E-state index is 11.6. The predicted molar refractivity (Wildman–Crippen MR) is 76.8 cm³/mol. The van der Waals surface area contributed by atoms with Gasteiger partial charge in [-0.2, -0.15) is 0 Å². The van der Waals surface area contributed by atoms with Crippen molar-refractivity contribution < 1.29 is 13.2 Å². The molecule has 0 fully saturated rings. The summed E-state index contributed by atoms with van der Waals surface area (Å²) in [4.78, 5) is 0.258. The third-order valence-corrected chi connectivity index (χ3v) is 4.37. The first-order valence-corrected chi connectivity index (χ1v) is 7.68. The number of methoxy groups -OCH3 is 1. The quantitative estimate of drug-likeness (QED) is 0.800. The second-order valence-corrected chi connectivity index (χ2v) is 6.57. The van der Waals surface area contributed by atoms with Gasteiger partial charge in [-0.1, -0.05) is 13.8 Å². The van der Waals surface area contributed by atoms with Gasteiger partial charge in [0.1, 0.15) is 0 Å². The number of hydrogen-bond acceptors (Lipinski definition) is 4. The zero-order valence-corrected chi connectivity index (χ0v) is 12.6. The zero-order chi connectivity index (χ0) is 14.5. The van der Waals surface area contributed by atoms with Crippen LogP contribution in [0.25, 0.3) is 0 Å². The molecule has 108 valence electrons. The first-order chi connectivity index (χ1) is 8.90. The van der Waals surface area contributed by atoms with Gasteiger partial charge in [0.15, 0.2) is 0 Å². The third kappa shape index (κ3) is 4.49. The summed E-state index contributed by atoms with van der Waals surface area (Å²) in [6, 6.07) is 6.87. The van der Waals surface area contributed by atoms with Crippen LogP contribution in [0.2, 0.25) is 0 Å². The Morgan fingerprint density at radius 2 is 1.79 bits per heavy atom. The molecular formula is C13H22N2O3S. The Labute approximate surface area is 115 Å². The second kappa shape index (κ2) is 6.88. The van der Waals surface area contributed by atoms with Crippen molar-refractivity contribution in [1.82, 2.24) is 4.72 Å². The molecular weight excluding hydrogens is 264 g/mol. The minimum Gasteiger partial charge on any atom is -0.383 e. The van der Waals surface area contributed by atoms with Crippen LogP contribution in [-0.4, -0.2) is 35.2 Å². The maximum Gasteiger partial charge on any atom is 0.240 e. The molecule has 0 saturated carbocycles. The largest absolute Gasteiger partial charge is 0.383 e. The highest BCUT2D eigenvalue weighted by Gasteiger charge is 2.14. The molecule has 0 aromatic heterocycles. The van der Waals surface area contributed by atoms with E-state index in [1.165, 1.54) is 7.05 Å². The van der Waals surface area contributed by atoms with E-state index in [2.05, 4.69) is 23.9 Å². The Kier molecular flexibility index (Phi) is 5.78. The van der Waals surface area contributed by atoms with Crippen LogP contribution in [-0.2, 0) is 14.8 Å². The maximum absolute atomic E-state index is 11.6. The molecule has 1 unspecified atom stereocenters. The third-order valence-electron chi connectivity index (χ3n) is 2.94. The van der Waals surface area contributed by atoms with Crippen molar-refractivity contribution in [3.8, 4) is 0 Å². The smallest absolute Gasteiger partial charge is 0.240 e. The van der Waals surface area contributed by atoms with E-state index < -0.39 is 10.0 Å². The van der Waals surface area contributed by atoms with Gasteiger partial charge in [0.25, 0.3) is 0 Å². The molecule has 19 heavy (non-hydrogen) atoms. The van der Waals surface area contributed by atoms with Gasteiger partial charge in [-0.05, 0) is 37.2 Å². The molecule has 1 aromatic rings. The lowest BCUT2D eigenvalue weighted by Crippen LogP contribution is -2.30. The summed E-state index contributed by atoms with van der Waals surface area (Å²) >= 11 is 0. The molecule has 0 aliphatic carbocycles. The summed E-state index contributed by atoms with van der Waals surface area (Å²) in [6.45, 7) is 4.82. The predicted octanol–water partition coefficient (Wildman–Crippen LogP) is 1.68. The summed E-state index contributed by atoms with van der Waals surface area (Å²) in [6.07, 6.45) is 0. The number of ether oxygens (including phenoxy) is 1. The van der Waals surface area contributed by atoms with Gasteiger partial charge in [-0.25, -0.2) is 13.1 Å². The van der Waals surface area contributed by atoms with Crippen LogP contribution in [0.5, 0.6) is 0 Å². The first-order valence-electron chi connectivity index (χ1n) is 6.19. The highest BCUT2D eigenvalue weighted by molar-refractivity contribution is 7.89. The SMILES string of the molecule is CNS(=O)(=O)c1ccc(NC(COC)C(C)C)cc1. The van der Waals surface area contributed by atoms with E-state index in [-0.39, 0.29) is 10.9 Å². The van der Waals surface area contributed by atoms with Gasteiger partial charge in [-0.3, -0.25) is 0 Å². The Morgan fingerprint density at radius 1 is 1.21 bits per heavy atom. The Bertz CT molecular complexity index is 483. The molecule has 1 rings (SSSR count). The summed E-state index contributed by atoms with van der Waals surface area (Å²) in [5.74, 6) is 0.417. The van der Waals surface area contributed by atoms with Crippen LogP contribution >= 0.6 is 0 Å². The van der Waals surface area contributed by atoms with Gasteiger partial charge in [0.05, 0.1) is 17.5 Å². The van der Waals surface area contributed by atoms with Crippen molar-refractivity contribution >= 4 is 15.7 Å². The number of benzene rings is 1. The molecule has 1 atom stereocenters. The summed E-state index contributed by atoms with van der Waals surface area (Å²) in [5, 5.41) is 3.34. The molecule has 0 spiro atoms. The van der Waals surface area contributed by atoms with E-state index in [1.54, 1.807) is 31.4 Å². The molecule has 0 radical (unpaired) electrons. The molecule has 0 heterocycles. The van der Waals surface area contributed by atoms with Crippen molar-refractivity contribution in [2.75, 3.05) is 26.1 Å². The molecule has 2 N–H and O–H groups in total. The molecule has 5 nitrogen and oxygen atoms in total. The summed E-state index contributed by atoms with van der Waals surface area (Å²) in [7, 11) is -0.308.